The van der Waals surface area contributed by atoms with Gasteiger partial charge in [0.05, 0.1) is 6.20 Å². The summed E-state index contributed by atoms with van der Waals surface area (Å²) in [6.07, 6.45) is -1.96. The molecule has 1 rings (SSSR count). The second-order valence-electron chi connectivity index (χ2n) is 2.41. The molecule has 1 N–H and O–H groups in total. The van der Waals surface area contributed by atoms with Crippen LogP contribution in [0.4, 0.5) is 23.8 Å². The van der Waals surface area contributed by atoms with Crippen LogP contribution in [-0.2, 0) is 4.74 Å². The number of anilines is 1. The van der Waals surface area contributed by atoms with E-state index in [2.05, 4.69) is 14.7 Å². The highest BCUT2D eigenvalue weighted by Crippen LogP contribution is 2.14. The van der Waals surface area contributed by atoms with E-state index < -0.39 is 18.9 Å². The third-order valence-corrected chi connectivity index (χ3v) is 1.16. The van der Waals surface area contributed by atoms with Crippen LogP contribution in [0.5, 0.6) is 0 Å². The summed E-state index contributed by atoms with van der Waals surface area (Å²) in [5.41, 5.74) is 0. The van der Waals surface area contributed by atoms with Crippen molar-refractivity contribution in [2.75, 3.05) is 11.9 Å². The van der Waals surface area contributed by atoms with Gasteiger partial charge in [-0.05, 0) is 0 Å². The largest absolute Gasteiger partial charge is 0.440 e. The summed E-state index contributed by atoms with van der Waals surface area (Å²) in [5.74, 6) is 0.0182. The fourth-order valence-corrected chi connectivity index (χ4v) is 0.652. The minimum absolute atomic E-state index is 0.0182. The van der Waals surface area contributed by atoms with Crippen LogP contribution >= 0.6 is 0 Å². The van der Waals surface area contributed by atoms with Gasteiger partial charge in [-0.3, -0.25) is 10.3 Å². The average molecular weight is 221 g/mol. The number of aromatic nitrogens is 2. The number of halogens is 3. The van der Waals surface area contributed by atoms with Gasteiger partial charge in [0, 0.05) is 12.4 Å². The summed E-state index contributed by atoms with van der Waals surface area (Å²) in [7, 11) is 0. The van der Waals surface area contributed by atoms with Crippen LogP contribution in [-0.4, -0.2) is 28.8 Å². The third-order valence-electron chi connectivity index (χ3n) is 1.16. The molecule has 0 aliphatic rings. The maximum Gasteiger partial charge on any atom is 0.422 e. The van der Waals surface area contributed by atoms with E-state index in [0.717, 1.165) is 0 Å². The number of hydrogen-bond donors (Lipinski definition) is 1. The fourth-order valence-electron chi connectivity index (χ4n) is 0.652. The second-order valence-corrected chi connectivity index (χ2v) is 2.41. The first-order valence-corrected chi connectivity index (χ1v) is 3.74. The Morgan fingerprint density at radius 2 is 2.20 bits per heavy atom. The molecule has 0 aliphatic carbocycles. The topological polar surface area (TPSA) is 64.1 Å². The molecule has 82 valence electrons. The molecule has 0 unspecified atom stereocenters. The van der Waals surface area contributed by atoms with Crippen molar-refractivity contribution in [3.63, 3.8) is 0 Å². The van der Waals surface area contributed by atoms with Crippen LogP contribution in [0.1, 0.15) is 0 Å². The van der Waals surface area contributed by atoms with Crippen LogP contribution in [0.2, 0.25) is 0 Å². The maximum atomic E-state index is 11.6. The highest BCUT2D eigenvalue weighted by molar-refractivity contribution is 5.82. The second kappa shape index (κ2) is 4.58. The molecule has 0 saturated carbocycles. The van der Waals surface area contributed by atoms with Gasteiger partial charge in [-0.2, -0.15) is 13.2 Å². The van der Waals surface area contributed by atoms with Gasteiger partial charge in [0.2, 0.25) is 0 Å². The van der Waals surface area contributed by atoms with Gasteiger partial charge in [0.15, 0.2) is 12.4 Å². The Morgan fingerprint density at radius 1 is 1.47 bits per heavy atom. The average Bonchev–Trinajstić information content (AvgIpc) is 2.15. The van der Waals surface area contributed by atoms with E-state index in [1.165, 1.54) is 18.6 Å². The van der Waals surface area contributed by atoms with Crippen molar-refractivity contribution in [2.24, 2.45) is 0 Å². The van der Waals surface area contributed by atoms with Crippen LogP contribution in [0.25, 0.3) is 0 Å². The third kappa shape index (κ3) is 4.79. The van der Waals surface area contributed by atoms with Gasteiger partial charge in [0.1, 0.15) is 0 Å². The Kier molecular flexibility index (Phi) is 3.42. The van der Waals surface area contributed by atoms with Gasteiger partial charge < -0.3 is 4.74 Å². The van der Waals surface area contributed by atoms with Gasteiger partial charge in [-0.15, -0.1) is 0 Å². The van der Waals surface area contributed by atoms with Gasteiger partial charge in [-0.1, -0.05) is 0 Å². The molecule has 5 nitrogen and oxygen atoms in total. The molecule has 0 aliphatic heterocycles. The van der Waals surface area contributed by atoms with E-state index in [4.69, 9.17) is 0 Å². The fraction of sp³-hybridized carbons (Fsp3) is 0.286. The number of amides is 1. The quantitative estimate of drug-likeness (QED) is 0.823. The summed E-state index contributed by atoms with van der Waals surface area (Å²) in [5, 5.41) is 1.98. The normalized spacial score (nSPS) is 10.9. The van der Waals surface area contributed by atoms with Crippen molar-refractivity contribution in [2.45, 2.75) is 6.18 Å². The number of carbonyl (C=O) groups is 1. The molecule has 0 saturated heterocycles. The Labute approximate surface area is 82.3 Å². The predicted molar refractivity (Wildman–Crippen MR) is 43.1 cm³/mol. The summed E-state index contributed by atoms with van der Waals surface area (Å²) >= 11 is 0. The molecule has 0 atom stereocenters. The van der Waals surface area contributed by atoms with Crippen molar-refractivity contribution in [1.29, 1.82) is 0 Å². The first kappa shape index (κ1) is 11.2. The summed E-state index contributed by atoms with van der Waals surface area (Å²) < 4.78 is 38.7. The summed E-state index contributed by atoms with van der Waals surface area (Å²) in [4.78, 5) is 18.0. The van der Waals surface area contributed by atoms with Crippen LogP contribution < -0.4 is 5.32 Å². The predicted octanol–water partition coefficient (Wildman–Crippen LogP) is 1.59. The summed E-state index contributed by atoms with van der Waals surface area (Å²) in [6.45, 7) is -1.64. The van der Waals surface area contributed by atoms with E-state index >= 15 is 0 Å². The summed E-state index contributed by atoms with van der Waals surface area (Å²) in [6, 6.07) is 0. The lowest BCUT2D eigenvalue weighted by atomic mass is 10.6. The molecule has 0 aromatic carbocycles. The SMILES string of the molecule is O=C(Nc1cnccn1)OCC(F)(F)F. The van der Waals surface area contributed by atoms with Crippen LogP contribution in [0.15, 0.2) is 18.6 Å². The van der Waals surface area contributed by atoms with Gasteiger partial charge in [-0.25, -0.2) is 9.78 Å². The highest BCUT2D eigenvalue weighted by atomic mass is 19.4. The standard InChI is InChI=1S/C7H6F3N3O2/c8-7(9,10)4-15-6(14)13-5-3-11-1-2-12-5/h1-3H,4H2,(H,12,13,14). The van der Waals surface area contributed by atoms with Crippen molar-refractivity contribution in [3.8, 4) is 0 Å². The number of nitrogens with one attached hydrogen (secondary N) is 1. The minimum atomic E-state index is -4.54. The molecular weight excluding hydrogens is 215 g/mol. The monoisotopic (exact) mass is 221 g/mol. The van der Waals surface area contributed by atoms with E-state index in [9.17, 15) is 18.0 Å². The van der Waals surface area contributed by atoms with Crippen molar-refractivity contribution in [1.82, 2.24) is 9.97 Å². The molecule has 0 radical (unpaired) electrons. The first-order valence-electron chi connectivity index (χ1n) is 3.74. The number of alkyl halides is 3. The Hall–Kier alpha value is -1.86. The van der Waals surface area contributed by atoms with E-state index in [1.54, 1.807) is 0 Å². The molecular formula is C7H6F3N3O2. The lowest BCUT2D eigenvalue weighted by Gasteiger charge is -2.07. The first-order chi connectivity index (χ1) is 6.97. The van der Waals surface area contributed by atoms with E-state index in [-0.39, 0.29) is 5.82 Å². The Bertz CT molecular complexity index is 328. The highest BCUT2D eigenvalue weighted by Gasteiger charge is 2.29. The van der Waals surface area contributed by atoms with Crippen molar-refractivity contribution in [3.05, 3.63) is 18.6 Å². The van der Waals surface area contributed by atoms with E-state index in [1.807, 2.05) is 5.32 Å². The lowest BCUT2D eigenvalue weighted by molar-refractivity contribution is -0.159. The zero-order chi connectivity index (χ0) is 11.3. The van der Waals surface area contributed by atoms with Crippen molar-refractivity contribution >= 4 is 11.9 Å². The zero-order valence-corrected chi connectivity index (χ0v) is 7.28. The van der Waals surface area contributed by atoms with Crippen LogP contribution in [0.3, 0.4) is 0 Å². The molecule has 1 aromatic heterocycles. The number of rotatable bonds is 2. The van der Waals surface area contributed by atoms with Crippen LogP contribution in [0, 0.1) is 0 Å². The molecule has 0 spiro atoms. The molecule has 1 aromatic rings. The molecule has 15 heavy (non-hydrogen) atoms. The molecule has 0 bridgehead atoms. The maximum absolute atomic E-state index is 11.6. The van der Waals surface area contributed by atoms with Gasteiger partial charge in [0.25, 0.3) is 0 Å². The minimum Gasteiger partial charge on any atom is -0.440 e. The Morgan fingerprint density at radius 3 is 2.73 bits per heavy atom. The molecule has 8 heteroatoms. The Balaban J connectivity index is 2.38. The molecule has 1 heterocycles. The van der Waals surface area contributed by atoms with E-state index in [0.29, 0.717) is 0 Å². The number of hydrogen-bond acceptors (Lipinski definition) is 4. The number of nitrogens with zero attached hydrogens (tertiary/aromatic N) is 2. The van der Waals surface area contributed by atoms with Crippen molar-refractivity contribution < 1.29 is 22.7 Å². The molecule has 1 amide bonds. The number of ether oxygens (including phenoxy) is 1. The smallest absolute Gasteiger partial charge is 0.422 e. The van der Waals surface area contributed by atoms with Gasteiger partial charge >= 0.3 is 12.3 Å². The number of carbonyl (C=O) groups excluding carboxylic acids is 1. The molecule has 0 fully saturated rings. The zero-order valence-electron chi connectivity index (χ0n) is 7.28. The lowest BCUT2D eigenvalue weighted by Crippen LogP contribution is -2.23.